The van der Waals surface area contributed by atoms with Gasteiger partial charge in [0.05, 0.1) is 7.11 Å². The minimum atomic E-state index is 0.470. The quantitative estimate of drug-likeness (QED) is 0.711. The number of hydrogen-bond donors (Lipinski definition) is 1. The van der Waals surface area contributed by atoms with Crippen LogP contribution in [0, 0.1) is 0 Å². The summed E-state index contributed by atoms with van der Waals surface area (Å²) in [5.41, 5.74) is 1.35. The highest BCUT2D eigenvalue weighted by atomic mass is 16.5. The van der Waals surface area contributed by atoms with E-state index in [0.717, 1.165) is 18.7 Å². The number of unbranched alkanes of at least 4 members (excludes halogenated alkanes) is 1. The van der Waals surface area contributed by atoms with Crippen molar-refractivity contribution >= 4 is 0 Å². The van der Waals surface area contributed by atoms with Gasteiger partial charge in [-0.05, 0) is 37.1 Å². The van der Waals surface area contributed by atoms with E-state index in [2.05, 4.69) is 31.3 Å². The lowest BCUT2D eigenvalue weighted by Gasteiger charge is -2.17. The lowest BCUT2D eigenvalue weighted by Crippen LogP contribution is -2.21. The summed E-state index contributed by atoms with van der Waals surface area (Å²) < 4.78 is 5.16. The van der Waals surface area contributed by atoms with Crippen LogP contribution >= 0.6 is 0 Å². The van der Waals surface area contributed by atoms with Crippen LogP contribution in [0.5, 0.6) is 5.75 Å². The van der Waals surface area contributed by atoms with Gasteiger partial charge in [0.25, 0.3) is 0 Å². The Kier molecular flexibility index (Phi) is 5.94. The lowest BCUT2D eigenvalue weighted by atomic mass is 10.0. The van der Waals surface area contributed by atoms with Crippen molar-refractivity contribution in [2.75, 3.05) is 13.7 Å². The van der Waals surface area contributed by atoms with Crippen molar-refractivity contribution in [2.45, 2.75) is 39.2 Å². The number of benzene rings is 1. The van der Waals surface area contributed by atoms with E-state index in [1.807, 2.05) is 12.1 Å². The molecular formula is C14H23NO. The zero-order valence-corrected chi connectivity index (χ0v) is 10.6. The van der Waals surface area contributed by atoms with Gasteiger partial charge in [0.2, 0.25) is 0 Å². The van der Waals surface area contributed by atoms with Crippen LogP contribution in [0.3, 0.4) is 0 Å². The first kappa shape index (κ1) is 13.0. The Morgan fingerprint density at radius 2 is 1.88 bits per heavy atom. The van der Waals surface area contributed by atoms with Crippen LogP contribution < -0.4 is 10.1 Å². The van der Waals surface area contributed by atoms with Crippen LogP contribution in [0.1, 0.15) is 44.7 Å². The maximum atomic E-state index is 5.16. The van der Waals surface area contributed by atoms with Crippen LogP contribution in [-0.2, 0) is 0 Å². The molecule has 0 unspecified atom stereocenters. The molecule has 1 N–H and O–H groups in total. The molecule has 2 nitrogen and oxygen atoms in total. The number of methoxy groups -OCH3 is 1. The molecule has 0 bridgehead atoms. The number of ether oxygens (including phenoxy) is 1. The molecule has 0 aromatic heterocycles. The van der Waals surface area contributed by atoms with E-state index >= 15 is 0 Å². The highest BCUT2D eigenvalue weighted by Gasteiger charge is 2.07. The minimum Gasteiger partial charge on any atom is -0.497 e. The smallest absolute Gasteiger partial charge is 0.118 e. The largest absolute Gasteiger partial charge is 0.497 e. The summed E-state index contributed by atoms with van der Waals surface area (Å²) in [5, 5.41) is 3.58. The zero-order valence-electron chi connectivity index (χ0n) is 10.6. The molecule has 1 aromatic rings. The van der Waals surface area contributed by atoms with Gasteiger partial charge >= 0.3 is 0 Å². The van der Waals surface area contributed by atoms with E-state index < -0.39 is 0 Å². The standard InChI is InChI=1S/C14H23NO/c1-4-6-11-15-14(5-2)12-7-9-13(16-3)10-8-12/h7-10,14-15H,4-6,11H2,1-3H3/t14-/m0/s1. The molecule has 0 aliphatic rings. The van der Waals surface area contributed by atoms with Gasteiger partial charge in [0.1, 0.15) is 5.75 Å². The minimum absolute atomic E-state index is 0.470. The summed E-state index contributed by atoms with van der Waals surface area (Å²) in [4.78, 5) is 0. The van der Waals surface area contributed by atoms with Crippen molar-refractivity contribution in [3.05, 3.63) is 29.8 Å². The Hall–Kier alpha value is -1.02. The fourth-order valence-electron chi connectivity index (χ4n) is 1.79. The average molecular weight is 221 g/mol. The fourth-order valence-corrected chi connectivity index (χ4v) is 1.79. The topological polar surface area (TPSA) is 21.3 Å². The molecule has 1 atom stereocenters. The zero-order chi connectivity index (χ0) is 11.8. The number of rotatable bonds is 7. The fraction of sp³-hybridized carbons (Fsp3) is 0.571. The summed E-state index contributed by atoms with van der Waals surface area (Å²) in [6, 6.07) is 8.81. The van der Waals surface area contributed by atoms with E-state index in [9.17, 15) is 0 Å². The van der Waals surface area contributed by atoms with Crippen molar-refractivity contribution in [3.8, 4) is 5.75 Å². The SMILES string of the molecule is CCCCN[C@@H](CC)c1ccc(OC)cc1. The second-order valence-electron chi connectivity index (χ2n) is 4.04. The lowest BCUT2D eigenvalue weighted by molar-refractivity contribution is 0.414. The van der Waals surface area contributed by atoms with Gasteiger partial charge in [-0.2, -0.15) is 0 Å². The average Bonchev–Trinajstić information content (AvgIpc) is 2.35. The second kappa shape index (κ2) is 7.29. The van der Waals surface area contributed by atoms with Gasteiger partial charge in [0, 0.05) is 6.04 Å². The predicted octanol–water partition coefficient (Wildman–Crippen LogP) is 3.54. The molecule has 0 heterocycles. The maximum Gasteiger partial charge on any atom is 0.118 e. The molecule has 2 heteroatoms. The van der Waals surface area contributed by atoms with Crippen LogP contribution in [0.25, 0.3) is 0 Å². The summed E-state index contributed by atoms with van der Waals surface area (Å²) in [6.07, 6.45) is 3.61. The highest BCUT2D eigenvalue weighted by Crippen LogP contribution is 2.19. The first-order valence-corrected chi connectivity index (χ1v) is 6.19. The van der Waals surface area contributed by atoms with Gasteiger partial charge in [-0.25, -0.2) is 0 Å². The Labute approximate surface area is 99.0 Å². The highest BCUT2D eigenvalue weighted by molar-refractivity contribution is 5.29. The third kappa shape index (κ3) is 3.86. The summed E-state index contributed by atoms with van der Waals surface area (Å²) in [6.45, 7) is 5.53. The van der Waals surface area contributed by atoms with Crippen LogP contribution in [0.15, 0.2) is 24.3 Å². The Morgan fingerprint density at radius 3 is 2.38 bits per heavy atom. The molecule has 0 aliphatic carbocycles. The van der Waals surface area contributed by atoms with E-state index in [-0.39, 0.29) is 0 Å². The Morgan fingerprint density at radius 1 is 1.19 bits per heavy atom. The van der Waals surface area contributed by atoms with Gasteiger partial charge in [0.15, 0.2) is 0 Å². The van der Waals surface area contributed by atoms with Crippen LogP contribution in [0.4, 0.5) is 0 Å². The van der Waals surface area contributed by atoms with Gasteiger partial charge < -0.3 is 10.1 Å². The second-order valence-corrected chi connectivity index (χ2v) is 4.04. The Balaban J connectivity index is 2.56. The molecule has 0 amide bonds. The molecule has 0 aliphatic heterocycles. The molecule has 0 spiro atoms. The first-order valence-electron chi connectivity index (χ1n) is 6.19. The molecule has 0 radical (unpaired) electrons. The molecule has 16 heavy (non-hydrogen) atoms. The first-order chi connectivity index (χ1) is 7.81. The summed E-state index contributed by atoms with van der Waals surface area (Å²) in [7, 11) is 1.70. The van der Waals surface area contributed by atoms with Gasteiger partial charge in [-0.1, -0.05) is 32.4 Å². The van der Waals surface area contributed by atoms with Crippen LogP contribution in [-0.4, -0.2) is 13.7 Å². The van der Waals surface area contributed by atoms with Crippen molar-refractivity contribution in [2.24, 2.45) is 0 Å². The van der Waals surface area contributed by atoms with Crippen molar-refractivity contribution < 1.29 is 4.74 Å². The molecule has 0 saturated carbocycles. The third-order valence-electron chi connectivity index (χ3n) is 2.85. The maximum absolute atomic E-state index is 5.16. The van der Waals surface area contributed by atoms with E-state index in [4.69, 9.17) is 4.74 Å². The Bertz CT molecular complexity index is 281. The molecule has 1 rings (SSSR count). The molecular weight excluding hydrogens is 198 g/mol. The van der Waals surface area contributed by atoms with Crippen molar-refractivity contribution in [1.82, 2.24) is 5.32 Å². The molecule has 1 aromatic carbocycles. The number of hydrogen-bond acceptors (Lipinski definition) is 2. The molecule has 0 saturated heterocycles. The normalized spacial score (nSPS) is 12.4. The monoisotopic (exact) mass is 221 g/mol. The van der Waals surface area contributed by atoms with E-state index in [1.54, 1.807) is 7.11 Å². The van der Waals surface area contributed by atoms with Gasteiger partial charge in [-0.3, -0.25) is 0 Å². The molecule has 90 valence electrons. The van der Waals surface area contributed by atoms with Crippen molar-refractivity contribution in [3.63, 3.8) is 0 Å². The number of nitrogens with one attached hydrogen (secondary N) is 1. The van der Waals surface area contributed by atoms with Crippen molar-refractivity contribution in [1.29, 1.82) is 0 Å². The van der Waals surface area contributed by atoms with Crippen LogP contribution in [0.2, 0.25) is 0 Å². The third-order valence-corrected chi connectivity index (χ3v) is 2.85. The summed E-state index contributed by atoms with van der Waals surface area (Å²) >= 11 is 0. The van der Waals surface area contributed by atoms with Gasteiger partial charge in [-0.15, -0.1) is 0 Å². The summed E-state index contributed by atoms with van der Waals surface area (Å²) in [5.74, 6) is 0.923. The molecule has 0 fully saturated rings. The van der Waals surface area contributed by atoms with E-state index in [1.165, 1.54) is 18.4 Å². The predicted molar refractivity (Wildman–Crippen MR) is 68.9 cm³/mol. The van der Waals surface area contributed by atoms with E-state index in [0.29, 0.717) is 6.04 Å².